The minimum absolute atomic E-state index is 0.00532. The van der Waals surface area contributed by atoms with Crippen LogP contribution in [0.25, 0.3) is 0 Å². The van der Waals surface area contributed by atoms with Crippen LogP contribution in [0.15, 0.2) is 48.5 Å². The van der Waals surface area contributed by atoms with E-state index in [-0.39, 0.29) is 18.5 Å². The summed E-state index contributed by atoms with van der Waals surface area (Å²) in [6.07, 6.45) is 2.21. The SMILES string of the molecule is CN1C(=O)N(C)C2(CCN(c3ccc(CN4CCC[C@H](c5ccccc5)S4(=O)=O)c(F)c3)CC2)C1=O. The lowest BCUT2D eigenvalue weighted by Crippen LogP contribution is -2.55. The van der Waals surface area contributed by atoms with Crippen LogP contribution in [0.1, 0.15) is 42.1 Å². The summed E-state index contributed by atoms with van der Waals surface area (Å²) in [5.74, 6) is -0.637. The average Bonchev–Trinajstić information content (AvgIpc) is 3.03. The molecule has 3 heterocycles. The zero-order chi connectivity index (χ0) is 25.7. The largest absolute Gasteiger partial charge is 0.371 e. The molecule has 3 fully saturated rings. The van der Waals surface area contributed by atoms with Crippen LogP contribution in [0.2, 0.25) is 0 Å². The third-order valence-electron chi connectivity index (χ3n) is 8.02. The van der Waals surface area contributed by atoms with Gasteiger partial charge in [0, 0.05) is 51.5 Å². The molecule has 36 heavy (non-hydrogen) atoms. The summed E-state index contributed by atoms with van der Waals surface area (Å²) in [4.78, 5) is 29.7. The Morgan fingerprint density at radius 3 is 2.31 bits per heavy atom. The number of halogens is 1. The number of nitrogens with zero attached hydrogens (tertiary/aromatic N) is 4. The highest BCUT2D eigenvalue weighted by atomic mass is 32.2. The van der Waals surface area contributed by atoms with E-state index in [1.807, 2.05) is 35.2 Å². The van der Waals surface area contributed by atoms with Crippen molar-refractivity contribution in [3.8, 4) is 0 Å². The molecule has 0 saturated carbocycles. The predicted octanol–water partition coefficient (Wildman–Crippen LogP) is 3.36. The van der Waals surface area contributed by atoms with Gasteiger partial charge in [-0.25, -0.2) is 17.6 Å². The minimum Gasteiger partial charge on any atom is -0.371 e. The van der Waals surface area contributed by atoms with E-state index < -0.39 is 26.6 Å². The molecule has 3 aliphatic heterocycles. The minimum atomic E-state index is -3.61. The van der Waals surface area contributed by atoms with Crippen molar-refractivity contribution in [3.05, 3.63) is 65.5 Å². The number of likely N-dealkylation sites (N-methyl/N-ethyl adjacent to an activating group) is 2. The summed E-state index contributed by atoms with van der Waals surface area (Å²) in [5.41, 5.74) is 0.948. The first-order valence-electron chi connectivity index (χ1n) is 12.3. The number of piperidine rings is 1. The number of carbonyl (C=O) groups is 2. The summed E-state index contributed by atoms with van der Waals surface area (Å²) in [6, 6.07) is 13.8. The fraction of sp³-hybridized carbons (Fsp3) is 0.462. The van der Waals surface area contributed by atoms with Crippen LogP contribution < -0.4 is 4.90 Å². The van der Waals surface area contributed by atoms with Gasteiger partial charge in [0.15, 0.2) is 0 Å². The lowest BCUT2D eigenvalue weighted by atomic mass is 9.86. The van der Waals surface area contributed by atoms with Crippen LogP contribution in [0, 0.1) is 5.82 Å². The number of sulfonamides is 1. The summed E-state index contributed by atoms with van der Waals surface area (Å²) in [6.45, 7) is 1.38. The average molecular weight is 515 g/mol. The number of anilines is 1. The zero-order valence-electron chi connectivity index (χ0n) is 20.6. The third kappa shape index (κ3) is 3.96. The van der Waals surface area contributed by atoms with E-state index in [4.69, 9.17) is 0 Å². The Labute approximate surface area is 211 Å². The molecule has 3 saturated heterocycles. The lowest BCUT2D eigenvalue weighted by Gasteiger charge is -2.41. The van der Waals surface area contributed by atoms with Crippen molar-refractivity contribution in [1.82, 2.24) is 14.1 Å². The first-order chi connectivity index (χ1) is 17.1. The van der Waals surface area contributed by atoms with Gasteiger partial charge in [0.2, 0.25) is 10.0 Å². The highest BCUT2D eigenvalue weighted by molar-refractivity contribution is 7.89. The van der Waals surface area contributed by atoms with Gasteiger partial charge in [0.05, 0.1) is 0 Å². The van der Waals surface area contributed by atoms with Gasteiger partial charge in [-0.05, 0) is 43.4 Å². The first-order valence-corrected chi connectivity index (χ1v) is 13.8. The standard InChI is InChI=1S/C26H31FN4O4S/c1-28-24(32)26(29(2)25(28)33)12-15-30(16-13-26)21-11-10-20(22(27)17-21)18-31-14-6-9-23(36(31,34)35)19-7-4-3-5-8-19/h3-5,7-8,10-11,17,23H,6,9,12-16,18H2,1-2H3/t23-/m1/s1. The molecular formula is C26H31FN4O4S. The van der Waals surface area contributed by atoms with Gasteiger partial charge in [0.25, 0.3) is 5.91 Å². The maximum atomic E-state index is 15.2. The predicted molar refractivity (Wildman–Crippen MR) is 134 cm³/mol. The normalized spacial score (nSPS) is 24.1. The van der Waals surface area contributed by atoms with Crippen molar-refractivity contribution in [2.75, 3.05) is 38.6 Å². The summed E-state index contributed by atoms with van der Waals surface area (Å²) < 4.78 is 43.2. The Balaban J connectivity index is 1.29. The van der Waals surface area contributed by atoms with Crippen LogP contribution in [-0.2, 0) is 21.4 Å². The molecule has 0 radical (unpaired) electrons. The highest BCUT2D eigenvalue weighted by Crippen LogP contribution is 2.38. The van der Waals surface area contributed by atoms with Crippen LogP contribution in [-0.4, -0.2) is 73.7 Å². The molecule has 2 aromatic rings. The first kappa shape index (κ1) is 24.7. The zero-order valence-corrected chi connectivity index (χ0v) is 21.4. The van der Waals surface area contributed by atoms with Gasteiger partial charge in [0.1, 0.15) is 16.6 Å². The molecule has 0 bridgehead atoms. The molecule has 0 unspecified atom stereocenters. The Morgan fingerprint density at radius 1 is 1.00 bits per heavy atom. The second kappa shape index (κ2) is 9.15. The molecule has 3 amide bonds. The molecule has 0 aromatic heterocycles. The van der Waals surface area contributed by atoms with Gasteiger partial charge in [-0.3, -0.25) is 9.69 Å². The van der Waals surface area contributed by atoms with E-state index in [0.29, 0.717) is 50.1 Å². The van der Waals surface area contributed by atoms with E-state index in [0.717, 1.165) is 12.0 Å². The smallest absolute Gasteiger partial charge is 0.327 e. The lowest BCUT2D eigenvalue weighted by molar-refractivity contribution is -0.133. The van der Waals surface area contributed by atoms with Crippen molar-refractivity contribution in [2.24, 2.45) is 0 Å². The fourth-order valence-electron chi connectivity index (χ4n) is 5.77. The van der Waals surface area contributed by atoms with Crippen LogP contribution in [0.3, 0.4) is 0 Å². The molecule has 1 spiro atoms. The number of carbonyl (C=O) groups excluding carboxylic acids is 2. The molecule has 192 valence electrons. The molecule has 5 rings (SSSR count). The van der Waals surface area contributed by atoms with Gasteiger partial charge in [-0.1, -0.05) is 36.4 Å². The highest BCUT2D eigenvalue weighted by Gasteiger charge is 2.55. The number of benzene rings is 2. The molecule has 0 aliphatic carbocycles. The van der Waals surface area contributed by atoms with Gasteiger partial charge in [-0.15, -0.1) is 0 Å². The Morgan fingerprint density at radius 2 is 1.69 bits per heavy atom. The number of imide groups is 1. The Kier molecular flexibility index (Phi) is 6.28. The topological polar surface area (TPSA) is 81.2 Å². The number of amides is 3. The van der Waals surface area contributed by atoms with E-state index in [2.05, 4.69) is 0 Å². The third-order valence-corrected chi connectivity index (χ3v) is 10.3. The summed E-state index contributed by atoms with van der Waals surface area (Å²) >= 11 is 0. The van der Waals surface area contributed by atoms with Crippen molar-refractivity contribution in [3.63, 3.8) is 0 Å². The van der Waals surface area contributed by atoms with Crippen molar-refractivity contribution >= 4 is 27.6 Å². The molecule has 8 nitrogen and oxygen atoms in total. The van der Waals surface area contributed by atoms with Gasteiger partial charge >= 0.3 is 6.03 Å². The molecule has 10 heteroatoms. The number of hydrogen-bond acceptors (Lipinski definition) is 5. The van der Waals surface area contributed by atoms with Gasteiger partial charge < -0.3 is 9.80 Å². The van der Waals surface area contributed by atoms with Crippen molar-refractivity contribution in [1.29, 1.82) is 0 Å². The van der Waals surface area contributed by atoms with E-state index in [1.54, 1.807) is 19.2 Å². The molecule has 0 N–H and O–H groups in total. The van der Waals surface area contributed by atoms with E-state index >= 15 is 4.39 Å². The number of urea groups is 1. The molecule has 3 aliphatic rings. The maximum Gasteiger partial charge on any atom is 0.327 e. The fourth-order valence-corrected chi connectivity index (χ4v) is 7.80. The molecule has 2 aromatic carbocycles. The maximum absolute atomic E-state index is 15.2. The Hall–Kier alpha value is -2.98. The summed E-state index contributed by atoms with van der Waals surface area (Å²) in [7, 11) is -0.449. The Bertz CT molecular complexity index is 1280. The number of hydrogen-bond donors (Lipinski definition) is 0. The quantitative estimate of drug-likeness (QED) is 0.585. The van der Waals surface area contributed by atoms with E-state index in [1.165, 1.54) is 27.2 Å². The van der Waals surface area contributed by atoms with Crippen molar-refractivity contribution in [2.45, 2.75) is 43.0 Å². The van der Waals surface area contributed by atoms with E-state index in [9.17, 15) is 18.0 Å². The summed E-state index contributed by atoms with van der Waals surface area (Å²) in [5, 5.41) is -0.613. The molecule has 1 atom stereocenters. The van der Waals surface area contributed by atoms with Crippen LogP contribution in [0.4, 0.5) is 14.9 Å². The number of rotatable bonds is 4. The van der Waals surface area contributed by atoms with Crippen LogP contribution in [0.5, 0.6) is 0 Å². The second-order valence-electron chi connectivity index (χ2n) is 9.92. The van der Waals surface area contributed by atoms with Crippen molar-refractivity contribution < 1.29 is 22.4 Å². The second-order valence-corrected chi connectivity index (χ2v) is 12.0. The van der Waals surface area contributed by atoms with Gasteiger partial charge in [-0.2, -0.15) is 4.31 Å². The monoisotopic (exact) mass is 514 g/mol. The molecular weight excluding hydrogens is 483 g/mol. The van der Waals surface area contributed by atoms with Crippen LogP contribution >= 0.6 is 0 Å².